The highest BCUT2D eigenvalue weighted by atomic mass is 32.2. The summed E-state index contributed by atoms with van der Waals surface area (Å²) in [4.78, 5) is 20.9. The van der Waals surface area contributed by atoms with E-state index in [-0.39, 0.29) is 11.7 Å². The van der Waals surface area contributed by atoms with Gasteiger partial charge in [0, 0.05) is 17.1 Å². The third-order valence-electron chi connectivity index (χ3n) is 5.93. The van der Waals surface area contributed by atoms with Crippen LogP contribution in [0.3, 0.4) is 0 Å². The molecular weight excluding hydrogens is 436 g/mol. The van der Waals surface area contributed by atoms with Crippen LogP contribution in [-0.4, -0.2) is 15.7 Å². The van der Waals surface area contributed by atoms with Crippen molar-refractivity contribution in [2.45, 2.75) is 50.8 Å². The summed E-state index contributed by atoms with van der Waals surface area (Å²) >= 11 is 3.22. The molecule has 4 nitrogen and oxygen atoms in total. The fourth-order valence-electron chi connectivity index (χ4n) is 4.15. The van der Waals surface area contributed by atoms with Crippen LogP contribution in [0.25, 0.3) is 15.9 Å². The number of hydrogen-bond acceptors (Lipinski definition) is 5. The van der Waals surface area contributed by atoms with Gasteiger partial charge in [0.15, 0.2) is 5.16 Å². The minimum absolute atomic E-state index is 0.0260. The summed E-state index contributed by atoms with van der Waals surface area (Å²) in [7, 11) is 0. The Morgan fingerprint density at radius 2 is 2.00 bits per heavy atom. The first kappa shape index (κ1) is 21.4. The number of aromatic nitrogens is 2. The number of nitrogens with zero attached hydrogens (tertiary/aromatic N) is 2. The van der Waals surface area contributed by atoms with E-state index in [1.807, 2.05) is 43.3 Å². The SMILES string of the molecule is Cc1cccc(-n2c(SCc3ccccc3)nc3sc4c(c3c2=O)CC(C(C)C)OC4)c1. The molecule has 0 fully saturated rings. The summed E-state index contributed by atoms with van der Waals surface area (Å²) in [6, 6.07) is 18.4. The largest absolute Gasteiger partial charge is 0.372 e. The number of benzene rings is 2. The Labute approximate surface area is 196 Å². The molecule has 164 valence electrons. The number of aryl methyl sites for hydroxylation is 1. The second-order valence-corrected chi connectivity index (χ2v) is 10.7. The number of fused-ring (bicyclic) bond motifs is 3. The Hall–Kier alpha value is -2.41. The topological polar surface area (TPSA) is 44.1 Å². The molecule has 6 heteroatoms. The Morgan fingerprint density at radius 1 is 1.19 bits per heavy atom. The lowest BCUT2D eigenvalue weighted by atomic mass is 9.96. The van der Waals surface area contributed by atoms with E-state index in [0.29, 0.717) is 12.5 Å². The van der Waals surface area contributed by atoms with E-state index < -0.39 is 0 Å². The highest BCUT2D eigenvalue weighted by Crippen LogP contribution is 2.36. The molecule has 2 aromatic heterocycles. The third kappa shape index (κ3) is 4.03. The number of rotatable bonds is 5. The van der Waals surface area contributed by atoms with Gasteiger partial charge in [-0.3, -0.25) is 9.36 Å². The monoisotopic (exact) mass is 462 g/mol. The molecule has 0 N–H and O–H groups in total. The molecule has 32 heavy (non-hydrogen) atoms. The maximum Gasteiger partial charge on any atom is 0.267 e. The third-order valence-corrected chi connectivity index (χ3v) is 8.03. The standard InChI is InChI=1S/C26H26N2O2S2/c1-16(2)21-13-20-22(14-30-21)32-24-23(20)25(29)28(19-11-7-8-17(3)12-19)26(27-24)31-15-18-9-5-4-6-10-18/h4-12,16,21H,13-15H2,1-3H3. The first-order valence-electron chi connectivity index (χ1n) is 10.9. The summed E-state index contributed by atoms with van der Waals surface area (Å²) in [6.45, 7) is 6.96. The van der Waals surface area contributed by atoms with E-state index in [1.54, 1.807) is 27.7 Å². The zero-order valence-corrected chi connectivity index (χ0v) is 20.1. The van der Waals surface area contributed by atoms with Crippen molar-refractivity contribution in [1.82, 2.24) is 9.55 Å². The van der Waals surface area contributed by atoms with Gasteiger partial charge in [0.2, 0.25) is 0 Å². The van der Waals surface area contributed by atoms with Crippen LogP contribution in [0.1, 0.15) is 35.4 Å². The molecule has 0 radical (unpaired) electrons. The van der Waals surface area contributed by atoms with Gasteiger partial charge in [-0.25, -0.2) is 4.98 Å². The lowest BCUT2D eigenvalue weighted by Gasteiger charge is -2.26. The maximum absolute atomic E-state index is 14.0. The lowest BCUT2D eigenvalue weighted by molar-refractivity contribution is 0.00200. The highest BCUT2D eigenvalue weighted by molar-refractivity contribution is 7.98. The molecule has 5 rings (SSSR count). The fraction of sp³-hybridized carbons (Fsp3) is 0.308. The van der Waals surface area contributed by atoms with Gasteiger partial charge in [-0.15, -0.1) is 11.3 Å². The quantitative estimate of drug-likeness (QED) is 0.264. The molecule has 0 saturated carbocycles. The van der Waals surface area contributed by atoms with Crippen LogP contribution < -0.4 is 5.56 Å². The number of thioether (sulfide) groups is 1. The van der Waals surface area contributed by atoms with Gasteiger partial charge in [0.05, 0.1) is 23.8 Å². The molecule has 0 saturated heterocycles. The predicted octanol–water partition coefficient (Wildman–Crippen LogP) is 6.15. The highest BCUT2D eigenvalue weighted by Gasteiger charge is 2.28. The van der Waals surface area contributed by atoms with Crippen molar-refractivity contribution in [3.05, 3.63) is 86.5 Å². The summed E-state index contributed by atoms with van der Waals surface area (Å²) in [6.07, 6.45) is 0.910. The summed E-state index contributed by atoms with van der Waals surface area (Å²) < 4.78 is 7.87. The van der Waals surface area contributed by atoms with Gasteiger partial charge in [-0.05, 0) is 41.7 Å². The van der Waals surface area contributed by atoms with Gasteiger partial charge in [0.1, 0.15) is 4.83 Å². The summed E-state index contributed by atoms with van der Waals surface area (Å²) in [5, 5.41) is 1.50. The number of hydrogen-bond donors (Lipinski definition) is 0. The molecule has 0 aliphatic carbocycles. The van der Waals surface area contributed by atoms with E-state index >= 15 is 0 Å². The zero-order chi connectivity index (χ0) is 22.2. The number of thiophene rings is 1. The molecule has 0 bridgehead atoms. The number of ether oxygens (including phenoxy) is 1. The van der Waals surface area contributed by atoms with E-state index in [9.17, 15) is 4.79 Å². The van der Waals surface area contributed by atoms with E-state index in [4.69, 9.17) is 9.72 Å². The van der Waals surface area contributed by atoms with Crippen LogP contribution in [0.4, 0.5) is 0 Å². The summed E-state index contributed by atoms with van der Waals surface area (Å²) in [5.74, 6) is 1.17. The van der Waals surface area contributed by atoms with E-state index in [0.717, 1.165) is 49.2 Å². The van der Waals surface area contributed by atoms with Crippen molar-refractivity contribution in [1.29, 1.82) is 0 Å². The molecule has 3 heterocycles. The average molecular weight is 463 g/mol. The lowest BCUT2D eigenvalue weighted by Crippen LogP contribution is -2.28. The Morgan fingerprint density at radius 3 is 2.75 bits per heavy atom. The predicted molar refractivity (Wildman–Crippen MR) is 133 cm³/mol. The van der Waals surface area contributed by atoms with Gasteiger partial charge in [0.25, 0.3) is 5.56 Å². The molecular formula is C26H26N2O2S2. The van der Waals surface area contributed by atoms with E-state index in [2.05, 4.69) is 32.0 Å². The Kier molecular flexibility index (Phi) is 5.93. The van der Waals surface area contributed by atoms with Crippen LogP contribution in [0.5, 0.6) is 0 Å². The molecule has 1 aliphatic heterocycles. The molecule has 2 aromatic carbocycles. The normalized spacial score (nSPS) is 15.9. The van der Waals surface area contributed by atoms with Crippen molar-refractivity contribution in [2.24, 2.45) is 5.92 Å². The van der Waals surface area contributed by atoms with E-state index in [1.165, 1.54) is 5.56 Å². The Balaban J connectivity index is 1.67. The van der Waals surface area contributed by atoms with Gasteiger partial charge >= 0.3 is 0 Å². The average Bonchev–Trinajstić information content (AvgIpc) is 3.16. The van der Waals surface area contributed by atoms with Crippen molar-refractivity contribution >= 4 is 33.3 Å². The molecule has 1 aliphatic rings. The Bertz CT molecular complexity index is 1330. The van der Waals surface area contributed by atoms with Gasteiger partial charge < -0.3 is 4.74 Å². The first-order chi connectivity index (χ1) is 15.5. The van der Waals surface area contributed by atoms with Crippen LogP contribution in [0.2, 0.25) is 0 Å². The molecule has 1 unspecified atom stereocenters. The first-order valence-corrected chi connectivity index (χ1v) is 12.7. The maximum atomic E-state index is 14.0. The smallest absolute Gasteiger partial charge is 0.267 e. The van der Waals surface area contributed by atoms with Gasteiger partial charge in [-0.2, -0.15) is 0 Å². The van der Waals surface area contributed by atoms with Crippen LogP contribution >= 0.6 is 23.1 Å². The molecule has 0 amide bonds. The fourth-order valence-corrected chi connectivity index (χ4v) is 6.28. The van der Waals surface area contributed by atoms with Crippen LogP contribution in [0, 0.1) is 12.8 Å². The second kappa shape index (κ2) is 8.85. The zero-order valence-electron chi connectivity index (χ0n) is 18.5. The molecule has 1 atom stereocenters. The van der Waals surface area contributed by atoms with Gasteiger partial charge in [-0.1, -0.05) is 68.1 Å². The molecule has 4 aromatic rings. The summed E-state index contributed by atoms with van der Waals surface area (Å²) in [5.41, 5.74) is 4.36. The van der Waals surface area contributed by atoms with Crippen molar-refractivity contribution in [3.8, 4) is 5.69 Å². The molecule has 0 spiro atoms. The van der Waals surface area contributed by atoms with Crippen molar-refractivity contribution in [2.75, 3.05) is 0 Å². The van der Waals surface area contributed by atoms with Crippen molar-refractivity contribution < 1.29 is 4.74 Å². The second-order valence-electron chi connectivity index (χ2n) is 8.63. The minimum atomic E-state index is 0.0260. The van der Waals surface area contributed by atoms with Crippen molar-refractivity contribution in [3.63, 3.8) is 0 Å². The van der Waals surface area contributed by atoms with Crippen LogP contribution in [-0.2, 0) is 23.5 Å². The van der Waals surface area contributed by atoms with Crippen LogP contribution in [0.15, 0.2) is 64.5 Å². The minimum Gasteiger partial charge on any atom is -0.372 e.